The van der Waals surface area contributed by atoms with E-state index in [0.29, 0.717) is 6.04 Å². The van der Waals surface area contributed by atoms with Crippen molar-refractivity contribution in [3.05, 3.63) is 47.3 Å². The van der Waals surface area contributed by atoms with Crippen LogP contribution in [0, 0.1) is 6.92 Å². The van der Waals surface area contributed by atoms with Crippen LogP contribution in [0.3, 0.4) is 0 Å². The van der Waals surface area contributed by atoms with Gasteiger partial charge in [-0.15, -0.1) is 0 Å². The van der Waals surface area contributed by atoms with Gasteiger partial charge in [-0.3, -0.25) is 9.48 Å². The Labute approximate surface area is 138 Å². The Morgan fingerprint density at radius 2 is 1.87 bits per heavy atom. The van der Waals surface area contributed by atoms with Gasteiger partial charge in [-0.25, -0.2) is 0 Å². The number of rotatable bonds is 6. The van der Waals surface area contributed by atoms with Crippen LogP contribution < -0.4 is 10.6 Å². The van der Waals surface area contributed by atoms with Crippen LogP contribution in [0.4, 0.5) is 5.69 Å². The summed E-state index contributed by atoms with van der Waals surface area (Å²) in [4.78, 5) is 11.0. The SMILES string of the molecule is CC(=O)Nc1ccc(CNC(C)c2cnn(C(C)C)c2C)cc1. The van der Waals surface area contributed by atoms with E-state index in [2.05, 4.69) is 48.1 Å². The van der Waals surface area contributed by atoms with E-state index in [4.69, 9.17) is 0 Å². The van der Waals surface area contributed by atoms with Crippen molar-refractivity contribution in [3.8, 4) is 0 Å². The van der Waals surface area contributed by atoms with E-state index in [1.54, 1.807) is 0 Å². The summed E-state index contributed by atoms with van der Waals surface area (Å²) < 4.78 is 2.05. The summed E-state index contributed by atoms with van der Waals surface area (Å²) in [6.45, 7) is 10.8. The molecule has 0 aliphatic rings. The molecule has 5 heteroatoms. The fraction of sp³-hybridized carbons (Fsp3) is 0.444. The highest BCUT2D eigenvalue weighted by Crippen LogP contribution is 2.20. The topological polar surface area (TPSA) is 59.0 Å². The molecule has 1 atom stereocenters. The van der Waals surface area contributed by atoms with Crippen molar-refractivity contribution in [2.45, 2.75) is 53.2 Å². The van der Waals surface area contributed by atoms with E-state index in [1.807, 2.05) is 30.5 Å². The fourth-order valence-corrected chi connectivity index (χ4v) is 2.67. The minimum Gasteiger partial charge on any atom is -0.326 e. The largest absolute Gasteiger partial charge is 0.326 e. The van der Waals surface area contributed by atoms with Crippen LogP contribution in [0.5, 0.6) is 0 Å². The fourth-order valence-electron chi connectivity index (χ4n) is 2.67. The van der Waals surface area contributed by atoms with Crippen molar-refractivity contribution in [2.24, 2.45) is 0 Å². The zero-order chi connectivity index (χ0) is 17.0. The van der Waals surface area contributed by atoms with E-state index >= 15 is 0 Å². The van der Waals surface area contributed by atoms with Crippen LogP contribution in [0.15, 0.2) is 30.5 Å². The maximum atomic E-state index is 11.0. The Kier molecular flexibility index (Phi) is 5.55. The van der Waals surface area contributed by atoms with Crippen molar-refractivity contribution in [1.29, 1.82) is 0 Å². The first-order valence-corrected chi connectivity index (χ1v) is 8.02. The highest BCUT2D eigenvalue weighted by Gasteiger charge is 2.14. The minimum absolute atomic E-state index is 0.0536. The maximum absolute atomic E-state index is 11.0. The lowest BCUT2D eigenvalue weighted by Gasteiger charge is -2.15. The first-order valence-electron chi connectivity index (χ1n) is 8.02. The zero-order valence-electron chi connectivity index (χ0n) is 14.6. The van der Waals surface area contributed by atoms with Gasteiger partial charge < -0.3 is 10.6 Å². The average molecular weight is 314 g/mol. The monoisotopic (exact) mass is 314 g/mol. The Morgan fingerprint density at radius 1 is 1.22 bits per heavy atom. The second kappa shape index (κ2) is 7.42. The van der Waals surface area contributed by atoms with Gasteiger partial charge in [-0.1, -0.05) is 12.1 Å². The molecule has 1 aromatic heterocycles. The molecule has 0 bridgehead atoms. The number of aromatic nitrogens is 2. The van der Waals surface area contributed by atoms with Crippen LogP contribution in [0.1, 0.15) is 56.6 Å². The van der Waals surface area contributed by atoms with Gasteiger partial charge in [0.25, 0.3) is 0 Å². The predicted molar refractivity (Wildman–Crippen MR) is 93.3 cm³/mol. The first-order chi connectivity index (χ1) is 10.9. The lowest BCUT2D eigenvalue weighted by Crippen LogP contribution is -2.19. The molecular weight excluding hydrogens is 288 g/mol. The third kappa shape index (κ3) is 4.42. The zero-order valence-corrected chi connectivity index (χ0v) is 14.6. The molecule has 124 valence electrons. The van der Waals surface area contributed by atoms with Gasteiger partial charge in [0.1, 0.15) is 0 Å². The van der Waals surface area contributed by atoms with Crippen molar-refractivity contribution >= 4 is 11.6 Å². The molecule has 2 aromatic rings. The van der Waals surface area contributed by atoms with Crippen LogP contribution in [-0.2, 0) is 11.3 Å². The minimum atomic E-state index is -0.0536. The summed E-state index contributed by atoms with van der Waals surface area (Å²) in [6.07, 6.45) is 1.95. The van der Waals surface area contributed by atoms with E-state index in [-0.39, 0.29) is 11.9 Å². The quantitative estimate of drug-likeness (QED) is 0.857. The average Bonchev–Trinajstić information content (AvgIpc) is 2.87. The Morgan fingerprint density at radius 3 is 2.39 bits per heavy atom. The molecule has 0 spiro atoms. The molecule has 0 saturated heterocycles. The highest BCUT2D eigenvalue weighted by atomic mass is 16.1. The summed E-state index contributed by atoms with van der Waals surface area (Å²) in [5, 5.41) is 10.8. The van der Waals surface area contributed by atoms with Gasteiger partial charge in [0.15, 0.2) is 0 Å². The summed E-state index contributed by atoms with van der Waals surface area (Å²) in [7, 11) is 0. The standard InChI is InChI=1S/C18H26N4O/c1-12(2)22-14(4)18(11-20-22)13(3)19-10-16-6-8-17(9-7-16)21-15(5)23/h6-9,11-13,19H,10H2,1-5H3,(H,21,23). The molecule has 1 aromatic carbocycles. The molecule has 1 amide bonds. The van der Waals surface area contributed by atoms with Gasteiger partial charge in [0, 0.05) is 42.5 Å². The number of hydrogen-bond donors (Lipinski definition) is 2. The second-order valence-corrected chi connectivity index (χ2v) is 6.20. The number of nitrogens with zero attached hydrogens (tertiary/aromatic N) is 2. The van der Waals surface area contributed by atoms with Crippen LogP contribution in [0.2, 0.25) is 0 Å². The molecule has 1 heterocycles. The maximum Gasteiger partial charge on any atom is 0.221 e. The Bertz CT molecular complexity index is 658. The van der Waals surface area contributed by atoms with Crippen LogP contribution in [0.25, 0.3) is 0 Å². The lowest BCUT2D eigenvalue weighted by molar-refractivity contribution is -0.114. The van der Waals surface area contributed by atoms with Crippen molar-refractivity contribution < 1.29 is 4.79 Å². The van der Waals surface area contributed by atoms with Crippen molar-refractivity contribution in [3.63, 3.8) is 0 Å². The van der Waals surface area contributed by atoms with E-state index in [9.17, 15) is 4.79 Å². The van der Waals surface area contributed by atoms with Crippen LogP contribution >= 0.6 is 0 Å². The summed E-state index contributed by atoms with van der Waals surface area (Å²) in [5.74, 6) is -0.0536. The number of carbonyl (C=O) groups excluding carboxylic acids is 1. The van der Waals surface area contributed by atoms with Gasteiger partial charge in [-0.05, 0) is 45.4 Å². The van der Waals surface area contributed by atoms with Gasteiger partial charge in [0.05, 0.1) is 6.20 Å². The molecule has 0 radical (unpaired) electrons. The molecule has 5 nitrogen and oxygen atoms in total. The molecule has 0 aliphatic carbocycles. The smallest absolute Gasteiger partial charge is 0.221 e. The predicted octanol–water partition coefficient (Wildman–Crippen LogP) is 3.58. The Balaban J connectivity index is 1.96. The van der Waals surface area contributed by atoms with Gasteiger partial charge >= 0.3 is 0 Å². The van der Waals surface area contributed by atoms with E-state index in [1.165, 1.54) is 23.7 Å². The molecule has 1 unspecified atom stereocenters. The number of carbonyl (C=O) groups is 1. The van der Waals surface area contributed by atoms with Crippen molar-refractivity contribution in [2.75, 3.05) is 5.32 Å². The number of amides is 1. The van der Waals surface area contributed by atoms with Gasteiger partial charge in [0.2, 0.25) is 5.91 Å². The van der Waals surface area contributed by atoms with Crippen LogP contribution in [-0.4, -0.2) is 15.7 Å². The van der Waals surface area contributed by atoms with E-state index < -0.39 is 0 Å². The molecule has 23 heavy (non-hydrogen) atoms. The molecule has 0 fully saturated rings. The molecule has 0 saturated carbocycles. The third-order valence-corrected chi connectivity index (χ3v) is 3.92. The van der Waals surface area contributed by atoms with Gasteiger partial charge in [-0.2, -0.15) is 5.10 Å². The van der Waals surface area contributed by atoms with E-state index in [0.717, 1.165) is 12.2 Å². The molecule has 0 aliphatic heterocycles. The normalized spacial score (nSPS) is 12.4. The first kappa shape index (κ1) is 17.2. The molecule has 2 N–H and O–H groups in total. The second-order valence-electron chi connectivity index (χ2n) is 6.20. The molecule has 2 rings (SSSR count). The summed E-state index contributed by atoms with van der Waals surface area (Å²) in [6, 6.07) is 8.50. The summed E-state index contributed by atoms with van der Waals surface area (Å²) in [5.41, 5.74) is 4.44. The third-order valence-electron chi connectivity index (χ3n) is 3.92. The highest BCUT2D eigenvalue weighted by molar-refractivity contribution is 5.88. The molecular formula is C18H26N4O. The number of hydrogen-bond acceptors (Lipinski definition) is 3. The lowest BCUT2D eigenvalue weighted by atomic mass is 10.1. The number of nitrogens with one attached hydrogen (secondary N) is 2. The summed E-state index contributed by atoms with van der Waals surface area (Å²) >= 11 is 0. The van der Waals surface area contributed by atoms with Crippen molar-refractivity contribution in [1.82, 2.24) is 15.1 Å². The Hall–Kier alpha value is -2.14. The number of benzene rings is 1. The number of anilines is 1.